The summed E-state index contributed by atoms with van der Waals surface area (Å²) in [5, 5.41) is 23.6. The van der Waals surface area contributed by atoms with Crippen LogP contribution < -0.4 is 5.32 Å². The second-order valence-corrected chi connectivity index (χ2v) is 7.03. The molecule has 1 aliphatic carbocycles. The largest absolute Gasteiger partial charge is 0.507 e. The number of amides is 1. The maximum atomic E-state index is 12.6. The number of nitrogens with one attached hydrogen (secondary N) is 1. The molecule has 0 radical (unpaired) electrons. The third kappa shape index (κ3) is 3.92. The van der Waals surface area contributed by atoms with E-state index in [2.05, 4.69) is 5.32 Å². The number of anilines is 1. The Morgan fingerprint density at radius 3 is 2.36 bits per heavy atom. The minimum atomic E-state index is -0.843. The Hall–Kier alpha value is -2.56. The zero-order valence-electron chi connectivity index (χ0n) is 14.1. The molecule has 3 N–H and O–H groups in total. The molecular formula is C20H23NO4. The van der Waals surface area contributed by atoms with E-state index in [1.165, 1.54) is 0 Å². The number of rotatable bonds is 5. The fourth-order valence-corrected chi connectivity index (χ4v) is 3.98. The van der Waals surface area contributed by atoms with E-state index < -0.39 is 11.4 Å². The van der Waals surface area contributed by atoms with Gasteiger partial charge in [0.15, 0.2) is 0 Å². The molecule has 5 heteroatoms. The van der Waals surface area contributed by atoms with Gasteiger partial charge in [0.1, 0.15) is 5.75 Å². The molecule has 3 rings (SSSR count). The summed E-state index contributed by atoms with van der Waals surface area (Å²) in [4.78, 5) is 23.9. The van der Waals surface area contributed by atoms with Gasteiger partial charge in [-0.15, -0.1) is 0 Å². The van der Waals surface area contributed by atoms with Gasteiger partial charge in [-0.3, -0.25) is 9.59 Å². The Kier molecular flexibility index (Phi) is 4.93. The molecule has 1 saturated carbocycles. The number of phenolic OH excluding ortho intramolecular Hbond substituents is 1. The first kappa shape index (κ1) is 17.3. The van der Waals surface area contributed by atoms with Gasteiger partial charge in [0.25, 0.3) is 0 Å². The van der Waals surface area contributed by atoms with Gasteiger partial charge < -0.3 is 15.5 Å². The van der Waals surface area contributed by atoms with Gasteiger partial charge >= 0.3 is 5.97 Å². The molecule has 1 fully saturated rings. The molecule has 0 atom stereocenters. The summed E-state index contributed by atoms with van der Waals surface area (Å²) in [7, 11) is 0. The molecule has 5 nitrogen and oxygen atoms in total. The van der Waals surface area contributed by atoms with E-state index in [1.807, 2.05) is 6.07 Å². The zero-order valence-corrected chi connectivity index (χ0v) is 14.1. The highest BCUT2D eigenvalue weighted by molar-refractivity contribution is 6.04. The summed E-state index contributed by atoms with van der Waals surface area (Å²) in [5.41, 5.74) is 0.195. The summed E-state index contributed by atoms with van der Waals surface area (Å²) < 4.78 is 0. The average Bonchev–Trinajstić information content (AvgIpc) is 2.55. The Morgan fingerprint density at radius 2 is 1.64 bits per heavy atom. The van der Waals surface area contributed by atoms with Crippen LogP contribution in [0.25, 0.3) is 10.8 Å². The summed E-state index contributed by atoms with van der Waals surface area (Å²) >= 11 is 0. The standard InChI is InChI=1S/C20H23NO4/c22-17-9-5-6-14-15(17)7-4-8-16(14)21-18(23)12-20(13-19(24)25)10-2-1-3-11-20/h4-9,22H,1-3,10-13H2,(H,21,23)(H,24,25). The van der Waals surface area contributed by atoms with E-state index in [0.29, 0.717) is 11.1 Å². The van der Waals surface area contributed by atoms with Crippen molar-refractivity contribution in [3.05, 3.63) is 36.4 Å². The first-order chi connectivity index (χ1) is 12.0. The lowest BCUT2D eigenvalue weighted by atomic mass is 9.69. The Balaban J connectivity index is 1.80. The molecule has 0 aliphatic heterocycles. The van der Waals surface area contributed by atoms with Crippen LogP contribution in [0.4, 0.5) is 5.69 Å². The number of aromatic hydroxyl groups is 1. The number of fused-ring (bicyclic) bond motifs is 1. The molecule has 0 saturated heterocycles. The fourth-order valence-electron chi connectivity index (χ4n) is 3.98. The number of carboxylic acid groups (broad SMARTS) is 1. The summed E-state index contributed by atoms with van der Waals surface area (Å²) in [6.45, 7) is 0. The molecule has 1 aliphatic rings. The van der Waals surface area contributed by atoms with E-state index in [-0.39, 0.29) is 24.5 Å². The number of carbonyl (C=O) groups is 2. The maximum Gasteiger partial charge on any atom is 0.303 e. The molecule has 0 aromatic heterocycles. The summed E-state index contributed by atoms with van der Waals surface area (Å²) in [6.07, 6.45) is 4.87. The number of benzene rings is 2. The van der Waals surface area contributed by atoms with Crippen molar-refractivity contribution in [1.82, 2.24) is 0 Å². The smallest absolute Gasteiger partial charge is 0.303 e. The van der Waals surface area contributed by atoms with Crippen molar-refractivity contribution < 1.29 is 19.8 Å². The molecule has 0 bridgehead atoms. The Labute approximate surface area is 146 Å². The highest BCUT2D eigenvalue weighted by Crippen LogP contribution is 2.42. The molecule has 2 aromatic carbocycles. The first-order valence-corrected chi connectivity index (χ1v) is 8.71. The van der Waals surface area contributed by atoms with E-state index >= 15 is 0 Å². The third-order valence-corrected chi connectivity index (χ3v) is 5.15. The predicted octanol–water partition coefficient (Wildman–Crippen LogP) is 4.30. The number of aliphatic carboxylic acids is 1. The number of hydrogen-bond donors (Lipinski definition) is 3. The van der Waals surface area contributed by atoms with Crippen LogP contribution in [0.15, 0.2) is 36.4 Å². The minimum Gasteiger partial charge on any atom is -0.507 e. The molecule has 0 spiro atoms. The van der Waals surface area contributed by atoms with Gasteiger partial charge in [0, 0.05) is 22.9 Å². The second kappa shape index (κ2) is 7.13. The molecule has 0 unspecified atom stereocenters. The van der Waals surface area contributed by atoms with Crippen molar-refractivity contribution in [2.75, 3.05) is 5.32 Å². The van der Waals surface area contributed by atoms with Gasteiger partial charge in [-0.25, -0.2) is 0 Å². The topological polar surface area (TPSA) is 86.6 Å². The van der Waals surface area contributed by atoms with E-state index in [1.54, 1.807) is 30.3 Å². The highest BCUT2D eigenvalue weighted by Gasteiger charge is 2.36. The summed E-state index contributed by atoms with van der Waals surface area (Å²) in [6, 6.07) is 10.6. The molecular weight excluding hydrogens is 318 g/mol. The van der Waals surface area contributed by atoms with Gasteiger partial charge in [0.2, 0.25) is 5.91 Å². The van der Waals surface area contributed by atoms with Crippen LogP contribution in [0.5, 0.6) is 5.75 Å². The van der Waals surface area contributed by atoms with Crippen LogP contribution in [0.1, 0.15) is 44.9 Å². The summed E-state index contributed by atoms with van der Waals surface area (Å²) in [5.74, 6) is -0.841. The molecule has 25 heavy (non-hydrogen) atoms. The molecule has 2 aromatic rings. The Bertz CT molecular complexity index is 793. The molecule has 132 valence electrons. The van der Waals surface area contributed by atoms with Crippen LogP contribution in [0.3, 0.4) is 0 Å². The quantitative estimate of drug-likeness (QED) is 0.757. The van der Waals surface area contributed by atoms with Crippen LogP contribution in [0.2, 0.25) is 0 Å². The molecule has 0 heterocycles. The van der Waals surface area contributed by atoms with Crippen molar-refractivity contribution in [1.29, 1.82) is 0 Å². The maximum absolute atomic E-state index is 12.6. The van der Waals surface area contributed by atoms with Gasteiger partial charge in [-0.1, -0.05) is 43.5 Å². The van der Waals surface area contributed by atoms with Crippen molar-refractivity contribution in [2.24, 2.45) is 5.41 Å². The van der Waals surface area contributed by atoms with Crippen molar-refractivity contribution in [3.8, 4) is 5.75 Å². The normalized spacial score (nSPS) is 16.5. The molecule has 1 amide bonds. The van der Waals surface area contributed by atoms with Crippen LogP contribution in [-0.4, -0.2) is 22.1 Å². The van der Waals surface area contributed by atoms with Crippen LogP contribution in [-0.2, 0) is 9.59 Å². The number of carboxylic acids is 1. The van der Waals surface area contributed by atoms with Crippen molar-refractivity contribution in [3.63, 3.8) is 0 Å². The minimum absolute atomic E-state index is 0.0384. The number of carbonyl (C=O) groups excluding carboxylic acids is 1. The fraction of sp³-hybridized carbons (Fsp3) is 0.400. The van der Waals surface area contributed by atoms with E-state index in [0.717, 1.165) is 37.5 Å². The van der Waals surface area contributed by atoms with Crippen molar-refractivity contribution >= 4 is 28.3 Å². The van der Waals surface area contributed by atoms with E-state index in [9.17, 15) is 19.8 Å². The van der Waals surface area contributed by atoms with Gasteiger partial charge in [0.05, 0.1) is 6.42 Å². The highest BCUT2D eigenvalue weighted by atomic mass is 16.4. The lowest BCUT2D eigenvalue weighted by Gasteiger charge is -2.35. The number of hydrogen-bond acceptors (Lipinski definition) is 3. The lowest BCUT2D eigenvalue weighted by Crippen LogP contribution is -2.32. The lowest BCUT2D eigenvalue weighted by molar-refractivity contribution is -0.140. The second-order valence-electron chi connectivity index (χ2n) is 7.03. The Morgan fingerprint density at radius 1 is 0.960 bits per heavy atom. The average molecular weight is 341 g/mol. The van der Waals surface area contributed by atoms with Gasteiger partial charge in [-0.2, -0.15) is 0 Å². The van der Waals surface area contributed by atoms with Crippen LogP contribution in [0, 0.1) is 5.41 Å². The van der Waals surface area contributed by atoms with Crippen molar-refractivity contribution in [2.45, 2.75) is 44.9 Å². The monoisotopic (exact) mass is 341 g/mol. The van der Waals surface area contributed by atoms with Crippen LogP contribution >= 0.6 is 0 Å². The SMILES string of the molecule is O=C(O)CC1(CC(=O)Nc2cccc3c(O)cccc23)CCCCC1. The first-order valence-electron chi connectivity index (χ1n) is 8.71. The number of phenols is 1. The van der Waals surface area contributed by atoms with Gasteiger partial charge in [-0.05, 0) is 30.4 Å². The zero-order chi connectivity index (χ0) is 17.9. The third-order valence-electron chi connectivity index (χ3n) is 5.15. The van der Waals surface area contributed by atoms with E-state index in [4.69, 9.17) is 0 Å². The predicted molar refractivity (Wildman–Crippen MR) is 96.6 cm³/mol.